The van der Waals surface area contributed by atoms with Crippen molar-refractivity contribution in [3.05, 3.63) is 6.42 Å². The van der Waals surface area contributed by atoms with Crippen LogP contribution in [0.4, 0.5) is 0 Å². The van der Waals surface area contributed by atoms with Gasteiger partial charge < -0.3 is 0 Å². The average molecular weight is 146 g/mol. The topological polar surface area (TPSA) is 0 Å². The molecule has 1 saturated carbocycles. The molecule has 1 heteroatoms. The highest BCUT2D eigenvalue weighted by Crippen LogP contribution is 2.19. The van der Waals surface area contributed by atoms with Crippen LogP contribution in [0.5, 0.6) is 0 Å². The zero-order chi connectivity index (χ0) is 6.53. The first kappa shape index (κ1) is 7.40. The fourth-order valence-corrected chi connectivity index (χ4v) is 1.53. The largest absolute Gasteiger partial charge is 0.123 e. The molecule has 0 aliphatic heterocycles. The Morgan fingerprint density at radius 2 is 1.89 bits per heavy atom. The van der Waals surface area contributed by atoms with Gasteiger partial charge in [0, 0.05) is 5.38 Å². The van der Waals surface area contributed by atoms with Gasteiger partial charge in [-0.3, -0.25) is 0 Å². The van der Waals surface area contributed by atoms with Crippen LogP contribution in [-0.4, -0.2) is 5.38 Å². The smallest absolute Gasteiger partial charge is 0.0367 e. The highest BCUT2D eigenvalue weighted by Gasteiger charge is 2.06. The quantitative estimate of drug-likeness (QED) is 0.460. The van der Waals surface area contributed by atoms with Gasteiger partial charge in [0.15, 0.2) is 0 Å². The third-order valence-electron chi connectivity index (χ3n) is 1.86. The first-order valence-corrected chi connectivity index (χ1v) is 4.30. The normalized spacial score (nSPS) is 25.0. The van der Waals surface area contributed by atoms with Crippen LogP contribution in [0.15, 0.2) is 0 Å². The highest BCUT2D eigenvalue weighted by molar-refractivity contribution is 6.21. The Hall–Kier alpha value is 0.290. The minimum atomic E-state index is 0.366. The Bertz CT molecular complexity index is 63.0. The van der Waals surface area contributed by atoms with Crippen molar-refractivity contribution in [1.82, 2.24) is 0 Å². The molecule has 0 nitrogen and oxygen atoms in total. The summed E-state index contributed by atoms with van der Waals surface area (Å²) < 4.78 is 0. The molecular weight excluding hydrogens is 132 g/mol. The second-order valence-corrected chi connectivity index (χ2v) is 3.30. The van der Waals surface area contributed by atoms with Gasteiger partial charge in [0.1, 0.15) is 0 Å². The Labute approximate surface area is 62.6 Å². The molecule has 1 rings (SSSR count). The molecule has 9 heavy (non-hydrogen) atoms. The number of alkyl halides is 1. The summed E-state index contributed by atoms with van der Waals surface area (Å²) in [6.45, 7) is 0. The van der Waals surface area contributed by atoms with E-state index in [4.69, 9.17) is 11.6 Å². The van der Waals surface area contributed by atoms with Gasteiger partial charge in [0.2, 0.25) is 0 Å². The van der Waals surface area contributed by atoms with Crippen molar-refractivity contribution in [2.75, 3.05) is 0 Å². The van der Waals surface area contributed by atoms with E-state index in [0.717, 1.165) is 0 Å². The summed E-state index contributed by atoms with van der Waals surface area (Å²) in [6.07, 6.45) is 10.1. The lowest BCUT2D eigenvalue weighted by Crippen LogP contribution is -2.02. The summed E-state index contributed by atoms with van der Waals surface area (Å²) in [6, 6.07) is 0. The van der Waals surface area contributed by atoms with Gasteiger partial charge in [-0.1, -0.05) is 25.7 Å². The maximum absolute atomic E-state index is 5.94. The maximum Gasteiger partial charge on any atom is 0.0367 e. The molecule has 1 atom stereocenters. The molecule has 0 bridgehead atoms. The zero-order valence-electron chi connectivity index (χ0n) is 5.78. The second kappa shape index (κ2) is 4.16. The van der Waals surface area contributed by atoms with Crippen molar-refractivity contribution < 1.29 is 0 Å². The molecule has 0 heterocycles. The van der Waals surface area contributed by atoms with Gasteiger partial charge in [-0.2, -0.15) is 0 Å². The van der Waals surface area contributed by atoms with E-state index in [1.54, 1.807) is 0 Å². The van der Waals surface area contributed by atoms with Crippen LogP contribution >= 0.6 is 11.6 Å². The Kier molecular flexibility index (Phi) is 3.42. The summed E-state index contributed by atoms with van der Waals surface area (Å²) in [4.78, 5) is 0. The Morgan fingerprint density at radius 1 is 1.11 bits per heavy atom. The van der Waals surface area contributed by atoms with Crippen LogP contribution in [0.1, 0.15) is 38.5 Å². The number of hydrogen-bond donors (Lipinski definition) is 0. The first-order valence-electron chi connectivity index (χ1n) is 3.87. The average Bonchev–Trinajstić information content (AvgIpc) is 1.79. The van der Waals surface area contributed by atoms with Crippen LogP contribution < -0.4 is 0 Å². The van der Waals surface area contributed by atoms with Crippen LogP contribution in [0, 0.1) is 6.42 Å². The van der Waals surface area contributed by atoms with Crippen molar-refractivity contribution >= 4 is 11.6 Å². The lowest BCUT2D eigenvalue weighted by atomic mass is 10.0. The van der Waals surface area contributed by atoms with Gasteiger partial charge in [-0.25, -0.2) is 0 Å². The van der Waals surface area contributed by atoms with Gasteiger partial charge >= 0.3 is 0 Å². The third kappa shape index (κ3) is 3.10. The predicted molar refractivity (Wildman–Crippen MR) is 41.6 cm³/mol. The van der Waals surface area contributed by atoms with E-state index in [0.29, 0.717) is 5.38 Å². The third-order valence-corrected chi connectivity index (χ3v) is 2.25. The predicted octanol–water partition coefficient (Wildman–Crippen LogP) is 3.15. The molecule has 1 unspecified atom stereocenters. The highest BCUT2D eigenvalue weighted by atomic mass is 35.5. The SMILES string of the molecule is ClC1[CH]CCCCCC1. The van der Waals surface area contributed by atoms with E-state index < -0.39 is 0 Å². The van der Waals surface area contributed by atoms with E-state index in [-0.39, 0.29) is 0 Å². The fourth-order valence-electron chi connectivity index (χ4n) is 1.25. The molecule has 0 aromatic heterocycles. The summed E-state index contributed by atoms with van der Waals surface area (Å²) >= 11 is 5.94. The lowest BCUT2D eigenvalue weighted by molar-refractivity contribution is 0.568. The molecule has 1 fully saturated rings. The Morgan fingerprint density at radius 3 is 2.78 bits per heavy atom. The van der Waals surface area contributed by atoms with Gasteiger partial charge in [0.25, 0.3) is 0 Å². The van der Waals surface area contributed by atoms with E-state index in [2.05, 4.69) is 6.42 Å². The molecule has 53 valence electrons. The molecule has 1 aliphatic rings. The van der Waals surface area contributed by atoms with Crippen molar-refractivity contribution in [3.63, 3.8) is 0 Å². The van der Waals surface area contributed by atoms with Crippen LogP contribution in [-0.2, 0) is 0 Å². The van der Waals surface area contributed by atoms with Crippen molar-refractivity contribution in [2.24, 2.45) is 0 Å². The molecule has 0 saturated heterocycles. The summed E-state index contributed by atoms with van der Waals surface area (Å²) in [7, 11) is 0. The van der Waals surface area contributed by atoms with E-state index >= 15 is 0 Å². The van der Waals surface area contributed by atoms with E-state index in [9.17, 15) is 0 Å². The maximum atomic E-state index is 5.94. The number of hydrogen-bond acceptors (Lipinski definition) is 0. The van der Waals surface area contributed by atoms with Crippen LogP contribution in [0.25, 0.3) is 0 Å². The van der Waals surface area contributed by atoms with Crippen LogP contribution in [0.3, 0.4) is 0 Å². The minimum absolute atomic E-state index is 0.366. The molecule has 1 radical (unpaired) electrons. The van der Waals surface area contributed by atoms with E-state index in [1.807, 2.05) is 0 Å². The van der Waals surface area contributed by atoms with Gasteiger partial charge in [-0.15, -0.1) is 11.6 Å². The summed E-state index contributed by atoms with van der Waals surface area (Å²) in [5.41, 5.74) is 0. The molecule has 0 amide bonds. The van der Waals surface area contributed by atoms with Crippen molar-refractivity contribution in [1.29, 1.82) is 0 Å². The van der Waals surface area contributed by atoms with E-state index in [1.165, 1.54) is 38.5 Å². The Balaban J connectivity index is 2.12. The molecule has 0 aromatic rings. The number of halogens is 1. The van der Waals surface area contributed by atoms with Crippen LogP contribution in [0.2, 0.25) is 0 Å². The van der Waals surface area contributed by atoms with Crippen molar-refractivity contribution in [2.45, 2.75) is 43.9 Å². The standard InChI is InChI=1S/C8H14Cl/c9-8-6-4-2-1-3-5-7-8/h6,8H,1-5,7H2. The molecule has 0 aromatic carbocycles. The van der Waals surface area contributed by atoms with Crippen molar-refractivity contribution in [3.8, 4) is 0 Å². The van der Waals surface area contributed by atoms with Gasteiger partial charge in [0.05, 0.1) is 0 Å². The fraction of sp³-hybridized carbons (Fsp3) is 0.875. The monoisotopic (exact) mass is 145 g/mol. The zero-order valence-corrected chi connectivity index (χ0v) is 6.53. The molecular formula is C8H14Cl. The number of rotatable bonds is 0. The molecule has 0 N–H and O–H groups in total. The summed E-state index contributed by atoms with van der Waals surface area (Å²) in [5, 5.41) is 0.366. The second-order valence-electron chi connectivity index (χ2n) is 2.74. The molecule has 0 spiro atoms. The first-order chi connectivity index (χ1) is 4.39. The minimum Gasteiger partial charge on any atom is -0.123 e. The summed E-state index contributed by atoms with van der Waals surface area (Å²) in [5.74, 6) is 0. The molecule has 1 aliphatic carbocycles. The lowest BCUT2D eigenvalue weighted by Gasteiger charge is -2.11. The van der Waals surface area contributed by atoms with Gasteiger partial charge in [-0.05, 0) is 19.3 Å².